The SMILES string of the molecule is Cc1nc(S(=O)(=O)NCC(C)(O)c2ccc(F)cc2)cn1C. The summed E-state index contributed by atoms with van der Waals surface area (Å²) >= 11 is 0. The van der Waals surface area contributed by atoms with E-state index in [0.717, 1.165) is 0 Å². The Morgan fingerprint density at radius 3 is 2.45 bits per heavy atom. The van der Waals surface area contributed by atoms with Crippen molar-refractivity contribution in [1.82, 2.24) is 14.3 Å². The Labute approximate surface area is 128 Å². The maximum Gasteiger partial charge on any atom is 0.259 e. The van der Waals surface area contributed by atoms with Crippen molar-refractivity contribution in [2.75, 3.05) is 6.54 Å². The van der Waals surface area contributed by atoms with E-state index in [2.05, 4.69) is 9.71 Å². The number of benzene rings is 1. The van der Waals surface area contributed by atoms with Crippen LogP contribution in [-0.2, 0) is 22.7 Å². The zero-order valence-electron chi connectivity index (χ0n) is 12.5. The molecule has 8 heteroatoms. The highest BCUT2D eigenvalue weighted by molar-refractivity contribution is 7.89. The van der Waals surface area contributed by atoms with Gasteiger partial charge in [0.05, 0.1) is 0 Å². The van der Waals surface area contributed by atoms with Crippen molar-refractivity contribution < 1.29 is 17.9 Å². The third kappa shape index (κ3) is 3.52. The predicted molar refractivity (Wildman–Crippen MR) is 79.1 cm³/mol. The van der Waals surface area contributed by atoms with E-state index in [9.17, 15) is 17.9 Å². The summed E-state index contributed by atoms with van der Waals surface area (Å²) in [5, 5.41) is 10.3. The molecule has 0 amide bonds. The summed E-state index contributed by atoms with van der Waals surface area (Å²) in [5.41, 5.74) is -1.06. The van der Waals surface area contributed by atoms with Crippen molar-refractivity contribution in [3.63, 3.8) is 0 Å². The van der Waals surface area contributed by atoms with E-state index in [-0.39, 0.29) is 11.6 Å². The fraction of sp³-hybridized carbons (Fsp3) is 0.357. The van der Waals surface area contributed by atoms with Crippen LogP contribution >= 0.6 is 0 Å². The summed E-state index contributed by atoms with van der Waals surface area (Å²) < 4.78 is 41.2. The van der Waals surface area contributed by atoms with Crippen molar-refractivity contribution in [2.45, 2.75) is 24.5 Å². The molecular weight excluding hydrogens is 309 g/mol. The number of aliphatic hydroxyl groups is 1. The molecule has 2 N–H and O–H groups in total. The summed E-state index contributed by atoms with van der Waals surface area (Å²) in [6.45, 7) is 2.89. The van der Waals surface area contributed by atoms with Crippen LogP contribution in [0.3, 0.4) is 0 Å². The molecule has 0 aliphatic heterocycles. The Balaban J connectivity index is 2.15. The van der Waals surface area contributed by atoms with E-state index in [1.165, 1.54) is 37.4 Å². The highest BCUT2D eigenvalue weighted by Crippen LogP contribution is 2.20. The van der Waals surface area contributed by atoms with Gasteiger partial charge in [-0.25, -0.2) is 22.5 Å². The molecule has 1 aromatic heterocycles. The van der Waals surface area contributed by atoms with Crippen LogP contribution in [-0.4, -0.2) is 29.6 Å². The molecule has 0 aliphatic carbocycles. The minimum absolute atomic E-state index is 0.109. The molecule has 0 saturated carbocycles. The monoisotopic (exact) mass is 327 g/mol. The van der Waals surface area contributed by atoms with Gasteiger partial charge in [0.25, 0.3) is 10.0 Å². The Morgan fingerprint density at radius 1 is 1.36 bits per heavy atom. The zero-order chi connectivity index (χ0) is 16.5. The van der Waals surface area contributed by atoms with Gasteiger partial charge in [0.15, 0.2) is 5.03 Å². The molecule has 0 spiro atoms. The standard InChI is InChI=1S/C14H18FN3O3S/c1-10-17-13(8-18(10)3)22(20,21)16-9-14(2,19)11-4-6-12(15)7-5-11/h4-8,16,19H,9H2,1-3H3. The molecule has 6 nitrogen and oxygen atoms in total. The van der Waals surface area contributed by atoms with Gasteiger partial charge in [-0.3, -0.25) is 0 Å². The average Bonchev–Trinajstić information content (AvgIpc) is 2.78. The van der Waals surface area contributed by atoms with E-state index in [4.69, 9.17) is 0 Å². The second kappa shape index (κ2) is 5.79. The number of hydrogen-bond acceptors (Lipinski definition) is 4. The third-order valence-electron chi connectivity index (χ3n) is 3.43. The van der Waals surface area contributed by atoms with Gasteiger partial charge in [-0.1, -0.05) is 12.1 Å². The van der Waals surface area contributed by atoms with E-state index in [1.54, 1.807) is 18.5 Å². The first-order chi connectivity index (χ1) is 10.1. The fourth-order valence-electron chi connectivity index (χ4n) is 1.88. The van der Waals surface area contributed by atoms with E-state index in [0.29, 0.717) is 11.4 Å². The number of hydrogen-bond donors (Lipinski definition) is 2. The minimum Gasteiger partial charge on any atom is -0.384 e. The molecular formula is C14H18FN3O3S. The summed E-state index contributed by atoms with van der Waals surface area (Å²) in [6, 6.07) is 5.24. The smallest absolute Gasteiger partial charge is 0.259 e. The lowest BCUT2D eigenvalue weighted by Crippen LogP contribution is -2.38. The number of nitrogens with one attached hydrogen (secondary N) is 1. The summed E-state index contributed by atoms with van der Waals surface area (Å²) in [7, 11) is -2.14. The first-order valence-corrected chi connectivity index (χ1v) is 8.08. The molecule has 0 saturated heterocycles. The largest absolute Gasteiger partial charge is 0.384 e. The first-order valence-electron chi connectivity index (χ1n) is 6.60. The number of aryl methyl sites for hydroxylation is 2. The van der Waals surface area contributed by atoms with Crippen LogP contribution in [0, 0.1) is 12.7 Å². The Kier molecular flexibility index (Phi) is 4.37. The summed E-state index contributed by atoms with van der Waals surface area (Å²) in [5.74, 6) is 0.134. The number of aromatic nitrogens is 2. The Hall–Kier alpha value is -1.77. The lowest BCUT2D eigenvalue weighted by molar-refractivity contribution is 0.0627. The molecule has 1 atom stereocenters. The highest BCUT2D eigenvalue weighted by Gasteiger charge is 2.27. The highest BCUT2D eigenvalue weighted by atomic mass is 32.2. The van der Waals surface area contributed by atoms with Crippen LogP contribution in [0.1, 0.15) is 18.3 Å². The van der Waals surface area contributed by atoms with Crippen molar-refractivity contribution in [1.29, 1.82) is 0 Å². The van der Waals surface area contributed by atoms with Crippen LogP contribution < -0.4 is 4.72 Å². The van der Waals surface area contributed by atoms with Gasteiger partial charge in [-0.15, -0.1) is 0 Å². The van der Waals surface area contributed by atoms with Crippen LogP contribution in [0.25, 0.3) is 0 Å². The van der Waals surface area contributed by atoms with Crippen molar-refractivity contribution in [3.05, 3.63) is 47.7 Å². The third-order valence-corrected chi connectivity index (χ3v) is 4.71. The number of rotatable bonds is 5. The molecule has 22 heavy (non-hydrogen) atoms. The van der Waals surface area contributed by atoms with Crippen molar-refractivity contribution in [2.24, 2.45) is 7.05 Å². The van der Waals surface area contributed by atoms with Gasteiger partial charge in [0.1, 0.15) is 17.2 Å². The van der Waals surface area contributed by atoms with Crippen molar-refractivity contribution in [3.8, 4) is 0 Å². The van der Waals surface area contributed by atoms with Crippen LogP contribution in [0.4, 0.5) is 4.39 Å². The maximum absolute atomic E-state index is 12.9. The van der Waals surface area contributed by atoms with Gasteiger partial charge in [0.2, 0.25) is 0 Å². The molecule has 2 rings (SSSR count). The van der Waals surface area contributed by atoms with Gasteiger partial charge < -0.3 is 9.67 Å². The van der Waals surface area contributed by atoms with Gasteiger partial charge in [0, 0.05) is 19.8 Å². The van der Waals surface area contributed by atoms with Crippen LogP contribution in [0.15, 0.2) is 35.5 Å². The van der Waals surface area contributed by atoms with Gasteiger partial charge in [-0.05, 0) is 31.5 Å². The van der Waals surface area contributed by atoms with Crippen molar-refractivity contribution >= 4 is 10.0 Å². The summed E-state index contributed by atoms with van der Waals surface area (Å²) in [4.78, 5) is 3.95. The molecule has 0 bridgehead atoms. The average molecular weight is 327 g/mol. The van der Waals surface area contributed by atoms with E-state index in [1.807, 2.05) is 0 Å². The molecule has 0 radical (unpaired) electrons. The Bertz CT molecular complexity index is 748. The molecule has 1 unspecified atom stereocenters. The molecule has 0 aliphatic rings. The second-order valence-corrected chi connectivity index (χ2v) is 7.06. The molecule has 0 fully saturated rings. The van der Waals surface area contributed by atoms with Crippen LogP contribution in [0.2, 0.25) is 0 Å². The fourth-order valence-corrected chi connectivity index (χ4v) is 3.04. The lowest BCUT2D eigenvalue weighted by Gasteiger charge is -2.23. The molecule has 1 heterocycles. The second-order valence-electron chi connectivity index (χ2n) is 5.34. The number of imidazole rings is 1. The quantitative estimate of drug-likeness (QED) is 0.860. The van der Waals surface area contributed by atoms with E-state index >= 15 is 0 Å². The van der Waals surface area contributed by atoms with Gasteiger partial charge >= 0.3 is 0 Å². The summed E-state index contributed by atoms with van der Waals surface area (Å²) in [6.07, 6.45) is 1.39. The molecule has 2 aromatic rings. The Morgan fingerprint density at radius 2 is 1.95 bits per heavy atom. The first kappa shape index (κ1) is 16.6. The topological polar surface area (TPSA) is 84.2 Å². The van der Waals surface area contributed by atoms with Crippen LogP contribution in [0.5, 0.6) is 0 Å². The normalized spacial score (nSPS) is 14.8. The number of nitrogens with zero attached hydrogens (tertiary/aromatic N) is 2. The molecule has 120 valence electrons. The maximum atomic E-state index is 12.9. The van der Waals surface area contributed by atoms with Gasteiger partial charge in [-0.2, -0.15) is 0 Å². The minimum atomic E-state index is -3.83. The number of halogens is 1. The number of sulfonamides is 1. The predicted octanol–water partition coefficient (Wildman–Crippen LogP) is 1.05. The molecule has 1 aromatic carbocycles. The lowest BCUT2D eigenvalue weighted by atomic mass is 9.96. The zero-order valence-corrected chi connectivity index (χ0v) is 13.4. The van der Waals surface area contributed by atoms with E-state index < -0.39 is 21.4 Å².